The lowest BCUT2D eigenvalue weighted by Gasteiger charge is -2.22. The Balaban J connectivity index is 1.50. The van der Waals surface area contributed by atoms with Gasteiger partial charge in [0, 0.05) is 67.9 Å². The quantitative estimate of drug-likeness (QED) is 0.448. The second kappa shape index (κ2) is 9.13. The number of fused-ring (bicyclic) bond motifs is 2. The van der Waals surface area contributed by atoms with E-state index in [4.69, 9.17) is 9.47 Å². The molecule has 5 rings (SSSR count). The van der Waals surface area contributed by atoms with Crippen molar-refractivity contribution in [1.82, 2.24) is 15.0 Å². The number of benzene rings is 1. The molecule has 3 aromatic rings. The van der Waals surface area contributed by atoms with Gasteiger partial charge in [-0.15, -0.1) is 0 Å². The largest absolute Gasteiger partial charge is 0.497 e. The number of hydrogen-bond donors (Lipinski definition) is 2. The first-order chi connectivity index (χ1) is 17.6. The fraction of sp³-hybridized carbons (Fsp3) is 0.385. The van der Waals surface area contributed by atoms with Crippen molar-refractivity contribution in [1.29, 1.82) is 0 Å². The standard InChI is InChI=1S/C26H28F2N6O3/c1-15(35)31-21-10-19-18(13-30-21)26(7-8-26)14-34(19)23-11-22(32-24(33-23)25(2,27)28)29-12-16-5-6-17(36-3)9-20(16)37-4/h5-6,9-11,13H,7-8,12,14H2,1-4H3,(H,29,32,33)(H,30,31,35). The molecule has 1 aromatic carbocycles. The van der Waals surface area contributed by atoms with Crippen LogP contribution in [0.3, 0.4) is 0 Å². The van der Waals surface area contributed by atoms with Crippen LogP contribution in [0.25, 0.3) is 0 Å². The van der Waals surface area contributed by atoms with Gasteiger partial charge in [-0.1, -0.05) is 0 Å². The summed E-state index contributed by atoms with van der Waals surface area (Å²) in [6.45, 7) is 3.06. The van der Waals surface area contributed by atoms with Gasteiger partial charge in [-0.3, -0.25) is 4.79 Å². The predicted molar refractivity (Wildman–Crippen MR) is 135 cm³/mol. The molecule has 0 saturated heterocycles. The van der Waals surface area contributed by atoms with Crippen molar-refractivity contribution in [2.75, 3.05) is 36.3 Å². The van der Waals surface area contributed by atoms with Gasteiger partial charge in [0.1, 0.15) is 29.0 Å². The molecular formula is C26H28F2N6O3. The van der Waals surface area contributed by atoms with Crippen molar-refractivity contribution in [2.45, 2.75) is 44.6 Å². The number of halogens is 2. The zero-order valence-electron chi connectivity index (χ0n) is 21.1. The molecule has 9 nitrogen and oxygen atoms in total. The van der Waals surface area contributed by atoms with Crippen LogP contribution in [0.2, 0.25) is 0 Å². The summed E-state index contributed by atoms with van der Waals surface area (Å²) in [7, 11) is 3.12. The molecule has 2 aliphatic rings. The number of nitrogens with zero attached hydrogens (tertiary/aromatic N) is 4. The molecule has 1 amide bonds. The number of alkyl halides is 2. The van der Waals surface area contributed by atoms with Gasteiger partial charge >= 0.3 is 5.92 Å². The molecule has 1 saturated carbocycles. The lowest BCUT2D eigenvalue weighted by atomic mass is 10.0. The minimum atomic E-state index is -3.25. The molecule has 1 aliphatic carbocycles. The number of nitrogens with one attached hydrogen (secondary N) is 2. The van der Waals surface area contributed by atoms with Crippen molar-refractivity contribution in [3.05, 3.63) is 53.5 Å². The summed E-state index contributed by atoms with van der Waals surface area (Å²) in [6.07, 6.45) is 3.71. The number of ether oxygens (including phenoxy) is 2. The van der Waals surface area contributed by atoms with E-state index in [1.165, 1.54) is 6.92 Å². The second-order valence-electron chi connectivity index (χ2n) is 9.49. The maximum atomic E-state index is 14.5. The molecule has 0 bridgehead atoms. The van der Waals surface area contributed by atoms with Gasteiger partial charge in [-0.05, 0) is 25.0 Å². The van der Waals surface area contributed by atoms with Crippen LogP contribution in [0.15, 0.2) is 36.5 Å². The van der Waals surface area contributed by atoms with Crippen LogP contribution in [0.5, 0.6) is 11.5 Å². The topological polar surface area (TPSA) is 102 Å². The molecule has 0 unspecified atom stereocenters. The molecule has 0 radical (unpaired) electrons. The number of hydrogen-bond acceptors (Lipinski definition) is 8. The van der Waals surface area contributed by atoms with E-state index in [0.29, 0.717) is 29.7 Å². The van der Waals surface area contributed by atoms with Crippen LogP contribution in [-0.4, -0.2) is 41.6 Å². The highest BCUT2D eigenvalue weighted by atomic mass is 19.3. The Morgan fingerprint density at radius 3 is 2.57 bits per heavy atom. The summed E-state index contributed by atoms with van der Waals surface area (Å²) in [5.41, 5.74) is 2.55. The summed E-state index contributed by atoms with van der Waals surface area (Å²) < 4.78 is 39.6. The summed E-state index contributed by atoms with van der Waals surface area (Å²) in [6, 6.07) is 8.82. The normalized spacial score (nSPS) is 15.4. The van der Waals surface area contributed by atoms with E-state index < -0.39 is 11.7 Å². The smallest absolute Gasteiger partial charge is 0.303 e. The minimum Gasteiger partial charge on any atom is -0.497 e. The average Bonchev–Trinajstić information content (AvgIpc) is 3.57. The fourth-order valence-electron chi connectivity index (χ4n) is 4.62. The first-order valence-corrected chi connectivity index (χ1v) is 11.9. The third kappa shape index (κ3) is 4.85. The van der Waals surface area contributed by atoms with Crippen LogP contribution in [-0.2, 0) is 22.7 Å². The Kier molecular flexibility index (Phi) is 6.09. The first kappa shape index (κ1) is 24.7. The van der Waals surface area contributed by atoms with Crippen molar-refractivity contribution < 1.29 is 23.0 Å². The number of anilines is 4. The average molecular weight is 511 g/mol. The SMILES string of the molecule is COc1ccc(CNc2cc(N3CC4(CC4)c4cnc(NC(C)=O)cc43)nc(C(C)(F)F)n2)c(OC)c1. The first-order valence-electron chi connectivity index (χ1n) is 11.9. The Morgan fingerprint density at radius 1 is 1.14 bits per heavy atom. The third-order valence-electron chi connectivity index (χ3n) is 6.70. The molecule has 1 aliphatic heterocycles. The third-order valence-corrected chi connectivity index (χ3v) is 6.70. The van der Waals surface area contributed by atoms with Crippen LogP contribution >= 0.6 is 0 Å². The van der Waals surface area contributed by atoms with Crippen LogP contribution in [0.1, 0.15) is 43.6 Å². The number of carbonyl (C=O) groups excluding carboxylic acids is 1. The van der Waals surface area contributed by atoms with Crippen LogP contribution in [0, 0.1) is 0 Å². The van der Waals surface area contributed by atoms with E-state index in [1.54, 1.807) is 44.7 Å². The highest BCUT2D eigenvalue weighted by Crippen LogP contribution is 2.58. The van der Waals surface area contributed by atoms with E-state index in [2.05, 4.69) is 25.6 Å². The highest BCUT2D eigenvalue weighted by molar-refractivity contribution is 5.89. The lowest BCUT2D eigenvalue weighted by molar-refractivity contribution is -0.114. The molecule has 1 spiro atoms. The Hall–Kier alpha value is -4.02. The molecular weight excluding hydrogens is 482 g/mol. The highest BCUT2D eigenvalue weighted by Gasteiger charge is 2.53. The number of methoxy groups -OCH3 is 2. The maximum absolute atomic E-state index is 14.5. The fourth-order valence-corrected chi connectivity index (χ4v) is 4.62. The van der Waals surface area contributed by atoms with Crippen LogP contribution < -0.4 is 25.0 Å². The molecule has 2 aromatic heterocycles. The summed E-state index contributed by atoms with van der Waals surface area (Å²) >= 11 is 0. The van der Waals surface area contributed by atoms with Gasteiger partial charge in [0.15, 0.2) is 0 Å². The molecule has 0 atom stereocenters. The summed E-state index contributed by atoms with van der Waals surface area (Å²) in [5, 5.41) is 5.84. The lowest BCUT2D eigenvalue weighted by Crippen LogP contribution is -2.23. The molecule has 1 fully saturated rings. The van der Waals surface area contributed by atoms with E-state index >= 15 is 0 Å². The second-order valence-corrected chi connectivity index (χ2v) is 9.49. The van der Waals surface area contributed by atoms with E-state index in [0.717, 1.165) is 36.6 Å². The minimum absolute atomic E-state index is 0.0824. The zero-order chi connectivity index (χ0) is 26.4. The molecule has 37 heavy (non-hydrogen) atoms. The number of aromatic nitrogens is 3. The van der Waals surface area contributed by atoms with Gasteiger partial charge in [0.05, 0.1) is 19.9 Å². The maximum Gasteiger partial charge on any atom is 0.303 e. The molecule has 11 heteroatoms. The summed E-state index contributed by atoms with van der Waals surface area (Å²) in [5.74, 6) is -1.82. The van der Waals surface area contributed by atoms with Gasteiger partial charge < -0.3 is 25.0 Å². The Morgan fingerprint density at radius 2 is 1.92 bits per heavy atom. The zero-order valence-corrected chi connectivity index (χ0v) is 21.1. The molecule has 3 heterocycles. The van der Waals surface area contributed by atoms with E-state index in [9.17, 15) is 13.6 Å². The van der Waals surface area contributed by atoms with Crippen molar-refractivity contribution in [3.63, 3.8) is 0 Å². The monoisotopic (exact) mass is 510 g/mol. The van der Waals surface area contributed by atoms with Gasteiger partial charge in [0.2, 0.25) is 11.7 Å². The van der Waals surface area contributed by atoms with Gasteiger partial charge in [0.25, 0.3) is 0 Å². The Labute approximate surface area is 213 Å². The Bertz CT molecular complexity index is 1360. The predicted octanol–water partition coefficient (Wildman–Crippen LogP) is 4.75. The molecule has 2 N–H and O–H groups in total. The summed E-state index contributed by atoms with van der Waals surface area (Å²) in [4.78, 5) is 26.2. The number of pyridine rings is 1. The number of carbonyl (C=O) groups is 1. The molecule has 194 valence electrons. The van der Waals surface area contributed by atoms with Gasteiger partial charge in [-0.2, -0.15) is 8.78 Å². The number of rotatable bonds is 8. The van der Waals surface area contributed by atoms with Crippen molar-refractivity contribution in [3.8, 4) is 11.5 Å². The van der Waals surface area contributed by atoms with Crippen LogP contribution in [0.4, 0.5) is 31.9 Å². The van der Waals surface area contributed by atoms with Crippen molar-refractivity contribution in [2.24, 2.45) is 0 Å². The van der Waals surface area contributed by atoms with E-state index in [-0.39, 0.29) is 23.7 Å². The van der Waals surface area contributed by atoms with Gasteiger partial charge in [-0.25, -0.2) is 15.0 Å². The van der Waals surface area contributed by atoms with E-state index in [1.807, 2.05) is 11.0 Å². The number of amides is 1. The van der Waals surface area contributed by atoms with Crippen molar-refractivity contribution >= 4 is 29.0 Å².